The van der Waals surface area contributed by atoms with Crippen LogP contribution in [0.25, 0.3) is 16.9 Å². The smallest absolute Gasteiger partial charge is 0.301 e. The number of ketones is 1. The summed E-state index contributed by atoms with van der Waals surface area (Å²) in [4.78, 5) is 27.9. The maximum Gasteiger partial charge on any atom is 0.471 e. The number of carbonyl (C=O) groups is 2. The maximum atomic E-state index is 14.6. The number of fused-ring (bicyclic) bond motifs is 1. The highest BCUT2D eigenvalue weighted by Crippen LogP contribution is 2.37. The molecule has 0 radical (unpaired) electrons. The van der Waals surface area contributed by atoms with Crippen molar-refractivity contribution in [3.8, 4) is 11.3 Å². The minimum absolute atomic E-state index is 0.162. The van der Waals surface area contributed by atoms with Gasteiger partial charge in [-0.2, -0.15) is 13.2 Å². The van der Waals surface area contributed by atoms with Crippen molar-refractivity contribution in [2.24, 2.45) is 0 Å². The molecule has 2 heterocycles. The Balaban J connectivity index is 2.02. The van der Waals surface area contributed by atoms with Crippen molar-refractivity contribution in [3.05, 3.63) is 88.9 Å². The fourth-order valence-corrected chi connectivity index (χ4v) is 3.25. The Kier molecular flexibility index (Phi) is 5.79. The van der Waals surface area contributed by atoms with Gasteiger partial charge in [0.25, 0.3) is 0 Å². The second kappa shape index (κ2) is 8.49. The van der Waals surface area contributed by atoms with E-state index in [2.05, 4.69) is 4.98 Å². The minimum Gasteiger partial charge on any atom is -0.301 e. The highest BCUT2D eigenvalue weighted by Gasteiger charge is 2.40. The van der Waals surface area contributed by atoms with Gasteiger partial charge in [0.05, 0.1) is 5.56 Å². The van der Waals surface area contributed by atoms with Crippen molar-refractivity contribution in [1.82, 2.24) is 9.38 Å². The van der Waals surface area contributed by atoms with E-state index in [1.165, 1.54) is 35.6 Å². The summed E-state index contributed by atoms with van der Waals surface area (Å²) in [5.41, 5.74) is -3.13. The monoisotopic (exact) mass is 499 g/mol. The van der Waals surface area contributed by atoms with Crippen molar-refractivity contribution >= 4 is 23.2 Å². The lowest BCUT2D eigenvalue weighted by atomic mass is 10.0. The van der Waals surface area contributed by atoms with E-state index in [9.17, 15) is 44.7 Å². The number of aromatic nitrogens is 2. The van der Waals surface area contributed by atoms with Crippen molar-refractivity contribution in [2.75, 3.05) is 5.32 Å². The summed E-state index contributed by atoms with van der Waals surface area (Å²) in [6.07, 6.45) is -4.59. The second-order valence-corrected chi connectivity index (χ2v) is 7.05. The fraction of sp³-hybridized carbons (Fsp3) is 0.0455. The molecule has 0 spiro atoms. The standard InChI is InChI=1S/C22H9F8N3O2/c23-13-12(14(24)16(26)17(27)15(13)25)18-20(32-21(35)22(28,29)30)31-11-7-6-10(8-33(11)18)19(34)9-4-2-1-3-5-9/h1-8H,(H,32,35). The first-order valence-corrected chi connectivity index (χ1v) is 9.43. The Morgan fingerprint density at radius 1 is 0.771 bits per heavy atom. The molecule has 1 N–H and O–H groups in total. The van der Waals surface area contributed by atoms with E-state index >= 15 is 0 Å². The summed E-state index contributed by atoms with van der Waals surface area (Å²) in [5.74, 6) is -16.4. The van der Waals surface area contributed by atoms with E-state index in [0.29, 0.717) is 4.40 Å². The number of amides is 1. The number of hydrogen-bond acceptors (Lipinski definition) is 3. The molecule has 13 heteroatoms. The first kappa shape index (κ1) is 23.9. The third kappa shape index (κ3) is 4.09. The van der Waals surface area contributed by atoms with Gasteiger partial charge in [0.1, 0.15) is 11.3 Å². The van der Waals surface area contributed by atoms with Gasteiger partial charge >= 0.3 is 12.1 Å². The van der Waals surface area contributed by atoms with Crippen LogP contribution in [0, 0.1) is 29.1 Å². The predicted octanol–water partition coefficient (Wildman–Crippen LogP) is 5.43. The molecule has 5 nitrogen and oxygen atoms in total. The molecule has 4 rings (SSSR count). The summed E-state index contributed by atoms with van der Waals surface area (Å²) in [5, 5.41) is 1.27. The first-order valence-electron chi connectivity index (χ1n) is 9.43. The van der Waals surface area contributed by atoms with E-state index in [4.69, 9.17) is 0 Å². The van der Waals surface area contributed by atoms with Gasteiger partial charge in [-0.15, -0.1) is 0 Å². The summed E-state index contributed by atoms with van der Waals surface area (Å²) in [6.45, 7) is 0. The summed E-state index contributed by atoms with van der Waals surface area (Å²) < 4.78 is 110. The minimum atomic E-state index is -5.47. The normalized spacial score (nSPS) is 11.7. The van der Waals surface area contributed by atoms with Crippen LogP contribution < -0.4 is 5.32 Å². The molecule has 0 aliphatic rings. The molecular weight excluding hydrogens is 490 g/mol. The van der Waals surface area contributed by atoms with Crippen LogP contribution in [0.2, 0.25) is 0 Å². The number of nitrogens with one attached hydrogen (secondary N) is 1. The molecule has 0 unspecified atom stereocenters. The lowest BCUT2D eigenvalue weighted by Crippen LogP contribution is -2.30. The van der Waals surface area contributed by atoms with Gasteiger partial charge in [-0.3, -0.25) is 14.0 Å². The van der Waals surface area contributed by atoms with Crippen LogP contribution in [0.1, 0.15) is 15.9 Å². The Bertz CT molecular complexity index is 1470. The molecule has 0 atom stereocenters. The number of nitrogens with zero attached hydrogens (tertiary/aromatic N) is 2. The van der Waals surface area contributed by atoms with Gasteiger partial charge in [-0.25, -0.2) is 26.9 Å². The molecule has 180 valence electrons. The SMILES string of the molecule is O=C(c1ccccc1)c1ccc2nc(NC(=O)C(F)(F)F)c(-c3c(F)c(F)c(F)c(F)c3F)n2c1. The first-order chi connectivity index (χ1) is 16.4. The lowest BCUT2D eigenvalue weighted by molar-refractivity contribution is -0.167. The average Bonchev–Trinajstić information content (AvgIpc) is 3.18. The quantitative estimate of drug-likeness (QED) is 0.176. The van der Waals surface area contributed by atoms with Crippen LogP contribution >= 0.6 is 0 Å². The van der Waals surface area contributed by atoms with Crippen LogP contribution in [0.4, 0.5) is 40.9 Å². The van der Waals surface area contributed by atoms with Gasteiger partial charge in [0.2, 0.25) is 5.82 Å². The molecule has 0 saturated carbocycles. The molecule has 1 amide bonds. The van der Waals surface area contributed by atoms with Crippen LogP contribution in [0.15, 0.2) is 48.7 Å². The lowest BCUT2D eigenvalue weighted by Gasteiger charge is -2.12. The van der Waals surface area contributed by atoms with Crippen molar-refractivity contribution in [1.29, 1.82) is 0 Å². The Morgan fingerprint density at radius 3 is 1.91 bits per heavy atom. The molecule has 0 aliphatic carbocycles. The Hall–Kier alpha value is -4.29. The third-order valence-corrected chi connectivity index (χ3v) is 4.85. The number of rotatable bonds is 4. The van der Waals surface area contributed by atoms with Gasteiger partial charge in [-0.05, 0) is 12.1 Å². The Morgan fingerprint density at radius 2 is 1.34 bits per heavy atom. The summed E-state index contributed by atoms with van der Waals surface area (Å²) in [7, 11) is 0. The van der Waals surface area contributed by atoms with E-state index in [-0.39, 0.29) is 16.8 Å². The van der Waals surface area contributed by atoms with Crippen LogP contribution in [0.3, 0.4) is 0 Å². The molecule has 2 aromatic carbocycles. The predicted molar refractivity (Wildman–Crippen MR) is 105 cm³/mol. The van der Waals surface area contributed by atoms with Crippen molar-refractivity contribution < 1.29 is 44.7 Å². The van der Waals surface area contributed by atoms with Gasteiger partial charge < -0.3 is 5.32 Å². The zero-order valence-corrected chi connectivity index (χ0v) is 16.9. The summed E-state index contributed by atoms with van der Waals surface area (Å²) >= 11 is 0. The molecule has 0 bridgehead atoms. The van der Waals surface area contributed by atoms with E-state index < -0.39 is 64.0 Å². The number of anilines is 1. The highest BCUT2D eigenvalue weighted by atomic mass is 19.4. The zero-order valence-electron chi connectivity index (χ0n) is 16.9. The largest absolute Gasteiger partial charge is 0.471 e. The van der Waals surface area contributed by atoms with Gasteiger partial charge in [0, 0.05) is 17.3 Å². The molecule has 0 saturated heterocycles. The highest BCUT2D eigenvalue weighted by molar-refractivity contribution is 6.09. The fourth-order valence-electron chi connectivity index (χ4n) is 3.25. The number of imidazole rings is 1. The number of alkyl halides is 3. The van der Waals surface area contributed by atoms with E-state index in [1.807, 2.05) is 0 Å². The third-order valence-electron chi connectivity index (χ3n) is 4.85. The number of pyridine rings is 1. The van der Waals surface area contributed by atoms with E-state index in [0.717, 1.165) is 12.3 Å². The number of benzene rings is 2. The number of hydrogen-bond donors (Lipinski definition) is 1. The molecule has 2 aromatic heterocycles. The number of halogens is 8. The maximum absolute atomic E-state index is 14.6. The van der Waals surface area contributed by atoms with Crippen LogP contribution in [-0.2, 0) is 4.79 Å². The van der Waals surface area contributed by atoms with Crippen LogP contribution in [-0.4, -0.2) is 27.3 Å². The topological polar surface area (TPSA) is 63.5 Å². The Labute approximate surface area is 189 Å². The molecule has 0 fully saturated rings. The van der Waals surface area contributed by atoms with Gasteiger partial charge in [-0.1, -0.05) is 30.3 Å². The summed E-state index contributed by atoms with van der Waals surface area (Å²) in [6, 6.07) is 9.78. The van der Waals surface area contributed by atoms with E-state index in [1.54, 1.807) is 6.07 Å². The average molecular weight is 499 g/mol. The number of carbonyl (C=O) groups excluding carboxylic acids is 2. The zero-order chi connectivity index (χ0) is 25.7. The second-order valence-electron chi connectivity index (χ2n) is 7.05. The molecule has 4 aromatic rings. The van der Waals surface area contributed by atoms with Crippen LogP contribution in [0.5, 0.6) is 0 Å². The van der Waals surface area contributed by atoms with Gasteiger partial charge in [0.15, 0.2) is 34.9 Å². The van der Waals surface area contributed by atoms with Crippen molar-refractivity contribution in [2.45, 2.75) is 6.18 Å². The molecule has 0 aliphatic heterocycles. The molecular formula is C22H9F8N3O2. The molecule has 35 heavy (non-hydrogen) atoms. The van der Waals surface area contributed by atoms with Crippen molar-refractivity contribution in [3.63, 3.8) is 0 Å².